The van der Waals surface area contributed by atoms with Gasteiger partial charge in [-0.3, -0.25) is 10.1 Å². The SMILES string of the molecule is CCOc1nc(C2CC2)nc(NC2CC2)c1[N+](=O)[O-]. The number of ether oxygens (including phenoxy) is 1. The number of hydrogen-bond donors (Lipinski definition) is 1. The number of aromatic nitrogens is 2. The molecule has 1 N–H and O–H groups in total. The lowest BCUT2D eigenvalue weighted by Gasteiger charge is -2.10. The second-order valence-electron chi connectivity index (χ2n) is 4.97. The Morgan fingerprint density at radius 3 is 2.63 bits per heavy atom. The van der Waals surface area contributed by atoms with Crippen molar-refractivity contribution in [2.75, 3.05) is 11.9 Å². The summed E-state index contributed by atoms with van der Waals surface area (Å²) in [5, 5.41) is 14.3. The average molecular weight is 264 g/mol. The van der Waals surface area contributed by atoms with Crippen LogP contribution in [0.5, 0.6) is 5.88 Å². The molecule has 2 aliphatic rings. The Bertz CT molecular complexity index is 512. The first-order valence-electron chi connectivity index (χ1n) is 6.64. The van der Waals surface area contributed by atoms with Crippen molar-refractivity contribution in [3.63, 3.8) is 0 Å². The second-order valence-corrected chi connectivity index (χ2v) is 4.97. The molecule has 19 heavy (non-hydrogen) atoms. The van der Waals surface area contributed by atoms with Crippen LogP contribution in [0.25, 0.3) is 0 Å². The highest BCUT2D eigenvalue weighted by atomic mass is 16.6. The minimum Gasteiger partial charge on any atom is -0.473 e. The van der Waals surface area contributed by atoms with Crippen LogP contribution in [-0.4, -0.2) is 27.5 Å². The van der Waals surface area contributed by atoms with Gasteiger partial charge in [0.2, 0.25) is 5.82 Å². The van der Waals surface area contributed by atoms with E-state index in [2.05, 4.69) is 15.3 Å². The maximum Gasteiger partial charge on any atom is 0.372 e. The van der Waals surface area contributed by atoms with Crippen LogP contribution >= 0.6 is 0 Å². The lowest BCUT2D eigenvalue weighted by atomic mass is 10.3. The van der Waals surface area contributed by atoms with Crippen molar-refractivity contribution < 1.29 is 9.66 Å². The highest BCUT2D eigenvalue weighted by molar-refractivity contribution is 5.62. The molecule has 0 aliphatic heterocycles. The van der Waals surface area contributed by atoms with Crippen molar-refractivity contribution >= 4 is 11.5 Å². The van der Waals surface area contributed by atoms with Gasteiger partial charge in [0.1, 0.15) is 5.82 Å². The van der Waals surface area contributed by atoms with Gasteiger partial charge >= 0.3 is 5.69 Å². The molecule has 102 valence electrons. The Labute approximate surface area is 110 Å². The number of nitro groups is 1. The molecule has 0 unspecified atom stereocenters. The van der Waals surface area contributed by atoms with Crippen LogP contribution in [-0.2, 0) is 0 Å². The van der Waals surface area contributed by atoms with E-state index >= 15 is 0 Å². The predicted molar refractivity (Wildman–Crippen MR) is 68.5 cm³/mol. The van der Waals surface area contributed by atoms with Gasteiger partial charge in [-0.25, -0.2) is 4.98 Å². The second kappa shape index (κ2) is 4.64. The van der Waals surface area contributed by atoms with Gasteiger partial charge in [-0.15, -0.1) is 0 Å². The van der Waals surface area contributed by atoms with E-state index in [0.29, 0.717) is 30.2 Å². The molecule has 1 aromatic rings. The first-order valence-corrected chi connectivity index (χ1v) is 6.64. The Morgan fingerprint density at radius 2 is 2.11 bits per heavy atom. The first kappa shape index (κ1) is 12.1. The Morgan fingerprint density at radius 1 is 1.37 bits per heavy atom. The number of nitrogens with one attached hydrogen (secondary N) is 1. The third-order valence-electron chi connectivity index (χ3n) is 3.19. The standard InChI is InChI=1S/C12H16N4O3/c1-2-19-12-9(16(17)18)11(13-8-5-6-8)14-10(15-12)7-3-4-7/h7-8H,2-6H2,1H3,(H,13,14,15). The fourth-order valence-electron chi connectivity index (χ4n) is 1.90. The van der Waals surface area contributed by atoms with Crippen LogP contribution in [0.1, 0.15) is 44.3 Å². The molecule has 3 rings (SSSR count). The predicted octanol–water partition coefficient (Wildman–Crippen LogP) is 2.24. The van der Waals surface area contributed by atoms with E-state index in [9.17, 15) is 10.1 Å². The van der Waals surface area contributed by atoms with E-state index in [4.69, 9.17) is 4.74 Å². The van der Waals surface area contributed by atoms with Gasteiger partial charge in [0.05, 0.1) is 11.5 Å². The Hall–Kier alpha value is -1.92. The summed E-state index contributed by atoms with van der Waals surface area (Å²) in [7, 11) is 0. The van der Waals surface area contributed by atoms with Gasteiger partial charge in [0.15, 0.2) is 0 Å². The largest absolute Gasteiger partial charge is 0.473 e. The molecule has 1 aromatic heterocycles. The maximum absolute atomic E-state index is 11.2. The number of rotatable bonds is 6. The summed E-state index contributed by atoms with van der Waals surface area (Å²) in [6.45, 7) is 2.14. The van der Waals surface area contributed by atoms with Crippen LogP contribution in [0.3, 0.4) is 0 Å². The Balaban J connectivity index is 2.02. The molecule has 0 amide bonds. The van der Waals surface area contributed by atoms with Crippen molar-refractivity contribution in [1.29, 1.82) is 0 Å². The summed E-state index contributed by atoms with van der Waals surface area (Å²) in [5.41, 5.74) is -0.141. The normalized spacial score (nSPS) is 18.2. The molecule has 0 bridgehead atoms. The molecule has 0 saturated heterocycles. The van der Waals surface area contributed by atoms with Crippen molar-refractivity contribution in [2.24, 2.45) is 0 Å². The molecule has 7 heteroatoms. The summed E-state index contributed by atoms with van der Waals surface area (Å²) >= 11 is 0. The molecule has 2 fully saturated rings. The maximum atomic E-state index is 11.2. The van der Waals surface area contributed by atoms with Crippen molar-refractivity contribution in [3.8, 4) is 5.88 Å². The molecule has 0 spiro atoms. The summed E-state index contributed by atoms with van der Waals surface area (Å²) in [6.07, 6.45) is 4.16. The van der Waals surface area contributed by atoms with E-state index in [0.717, 1.165) is 25.7 Å². The van der Waals surface area contributed by atoms with Crippen LogP contribution in [0.4, 0.5) is 11.5 Å². The third-order valence-corrected chi connectivity index (χ3v) is 3.19. The van der Waals surface area contributed by atoms with E-state index < -0.39 is 4.92 Å². The van der Waals surface area contributed by atoms with Gasteiger partial charge in [-0.2, -0.15) is 4.98 Å². The summed E-state index contributed by atoms with van der Waals surface area (Å²) in [4.78, 5) is 19.3. The van der Waals surface area contributed by atoms with Gasteiger partial charge in [-0.05, 0) is 32.6 Å². The molecule has 2 saturated carbocycles. The minimum absolute atomic E-state index is 0.0903. The summed E-state index contributed by atoms with van der Waals surface area (Å²) in [6, 6.07) is 0.301. The van der Waals surface area contributed by atoms with E-state index in [1.165, 1.54) is 0 Å². The van der Waals surface area contributed by atoms with Crippen LogP contribution in [0, 0.1) is 10.1 Å². The topological polar surface area (TPSA) is 90.2 Å². The highest BCUT2D eigenvalue weighted by Gasteiger charge is 2.34. The molecule has 0 aromatic carbocycles. The molecule has 1 heterocycles. The quantitative estimate of drug-likeness (QED) is 0.626. The number of hydrogen-bond acceptors (Lipinski definition) is 6. The van der Waals surface area contributed by atoms with Crippen LogP contribution in [0.2, 0.25) is 0 Å². The van der Waals surface area contributed by atoms with E-state index in [1.807, 2.05) is 0 Å². The fraction of sp³-hybridized carbons (Fsp3) is 0.667. The van der Waals surface area contributed by atoms with E-state index in [1.54, 1.807) is 6.92 Å². The number of anilines is 1. The zero-order valence-electron chi connectivity index (χ0n) is 10.8. The lowest BCUT2D eigenvalue weighted by molar-refractivity contribution is -0.385. The zero-order chi connectivity index (χ0) is 13.4. The van der Waals surface area contributed by atoms with Gasteiger partial charge in [0, 0.05) is 12.0 Å². The van der Waals surface area contributed by atoms with Gasteiger partial charge in [-0.1, -0.05) is 0 Å². The van der Waals surface area contributed by atoms with Crippen molar-refractivity contribution in [1.82, 2.24) is 9.97 Å². The highest BCUT2D eigenvalue weighted by Crippen LogP contribution is 2.42. The molecule has 7 nitrogen and oxygen atoms in total. The van der Waals surface area contributed by atoms with Crippen molar-refractivity contribution in [3.05, 3.63) is 15.9 Å². The third kappa shape index (κ3) is 2.59. The van der Waals surface area contributed by atoms with Crippen molar-refractivity contribution in [2.45, 2.75) is 44.6 Å². The smallest absolute Gasteiger partial charge is 0.372 e. The zero-order valence-corrected chi connectivity index (χ0v) is 10.8. The summed E-state index contributed by atoms with van der Waals surface area (Å²) in [5.74, 6) is 1.40. The molecular weight excluding hydrogens is 248 g/mol. The average Bonchev–Trinajstić information content (AvgIpc) is 3.23. The molecule has 0 atom stereocenters. The van der Waals surface area contributed by atoms with Gasteiger partial charge < -0.3 is 10.1 Å². The van der Waals surface area contributed by atoms with Crippen LogP contribution < -0.4 is 10.1 Å². The first-order chi connectivity index (χ1) is 9.19. The molecule has 2 aliphatic carbocycles. The monoisotopic (exact) mass is 264 g/mol. The minimum atomic E-state index is -0.466. The fourth-order valence-corrected chi connectivity index (χ4v) is 1.90. The lowest BCUT2D eigenvalue weighted by Crippen LogP contribution is -2.11. The molecular formula is C12H16N4O3. The Kier molecular flexibility index (Phi) is 2.96. The van der Waals surface area contributed by atoms with E-state index in [-0.39, 0.29) is 11.6 Å². The summed E-state index contributed by atoms with van der Waals surface area (Å²) < 4.78 is 5.33. The van der Waals surface area contributed by atoms with Crippen LogP contribution in [0.15, 0.2) is 0 Å². The van der Waals surface area contributed by atoms with Gasteiger partial charge in [0.25, 0.3) is 5.88 Å². The molecule has 0 radical (unpaired) electrons. The number of nitrogens with zero attached hydrogens (tertiary/aromatic N) is 3.